The summed E-state index contributed by atoms with van der Waals surface area (Å²) >= 11 is 0. The zero-order valence-electron chi connectivity index (χ0n) is 9.76. The van der Waals surface area contributed by atoms with Gasteiger partial charge in [-0.15, -0.1) is 0 Å². The van der Waals surface area contributed by atoms with Crippen LogP contribution in [0, 0.1) is 11.2 Å². The third-order valence-electron chi connectivity index (χ3n) is 2.52. The zero-order chi connectivity index (χ0) is 12.1. The van der Waals surface area contributed by atoms with Crippen LogP contribution < -0.4 is 10.6 Å². The van der Waals surface area contributed by atoms with Gasteiger partial charge in [0, 0.05) is 19.2 Å². The topological polar surface area (TPSA) is 53.1 Å². The number of nitrogen functional groups attached to an aromatic ring is 1. The number of hydrogen-bond acceptors (Lipinski definition) is 2. The molecule has 0 bridgehead atoms. The highest BCUT2D eigenvalue weighted by Gasteiger charge is 2.08. The summed E-state index contributed by atoms with van der Waals surface area (Å²) in [5.41, 5.74) is 6.27. The van der Waals surface area contributed by atoms with Crippen LogP contribution in [0.4, 0.5) is 10.1 Å². The molecule has 0 aliphatic carbocycles. The molecule has 88 valence electrons. The van der Waals surface area contributed by atoms with Gasteiger partial charge in [-0.3, -0.25) is 5.41 Å². The van der Waals surface area contributed by atoms with Crippen molar-refractivity contribution >= 4 is 11.5 Å². The summed E-state index contributed by atoms with van der Waals surface area (Å²) in [6.45, 7) is 2.93. The summed E-state index contributed by atoms with van der Waals surface area (Å²) in [6, 6.07) is 4.64. The first-order chi connectivity index (χ1) is 7.56. The van der Waals surface area contributed by atoms with Gasteiger partial charge in [0.15, 0.2) is 0 Å². The maximum absolute atomic E-state index is 13.7. The van der Waals surface area contributed by atoms with E-state index < -0.39 is 0 Å². The van der Waals surface area contributed by atoms with E-state index in [9.17, 15) is 4.39 Å². The van der Waals surface area contributed by atoms with Crippen molar-refractivity contribution in [3.8, 4) is 0 Å². The molecule has 0 saturated carbocycles. The summed E-state index contributed by atoms with van der Waals surface area (Å²) in [5.74, 6) is -0.437. The molecule has 0 heterocycles. The Balaban J connectivity index is 2.85. The first kappa shape index (κ1) is 12.5. The minimum atomic E-state index is -0.327. The molecule has 3 nitrogen and oxygen atoms in total. The van der Waals surface area contributed by atoms with E-state index in [1.165, 1.54) is 6.07 Å². The molecular weight excluding hydrogens is 205 g/mol. The van der Waals surface area contributed by atoms with E-state index in [-0.39, 0.29) is 11.7 Å². The molecule has 16 heavy (non-hydrogen) atoms. The summed E-state index contributed by atoms with van der Waals surface area (Å²) in [4.78, 5) is 1.88. The fraction of sp³-hybridized carbons (Fsp3) is 0.417. The molecule has 0 amide bonds. The minimum absolute atomic E-state index is 0.110. The lowest BCUT2D eigenvalue weighted by Gasteiger charge is -2.19. The van der Waals surface area contributed by atoms with Crippen LogP contribution in [0.1, 0.15) is 25.3 Å². The van der Waals surface area contributed by atoms with E-state index >= 15 is 0 Å². The lowest BCUT2D eigenvalue weighted by atomic mass is 10.1. The predicted molar refractivity (Wildman–Crippen MR) is 65.6 cm³/mol. The van der Waals surface area contributed by atoms with Crippen LogP contribution in [0.2, 0.25) is 0 Å². The monoisotopic (exact) mass is 223 g/mol. The van der Waals surface area contributed by atoms with Gasteiger partial charge in [0.1, 0.15) is 11.7 Å². The highest BCUT2D eigenvalue weighted by atomic mass is 19.1. The fourth-order valence-corrected chi connectivity index (χ4v) is 1.50. The Hall–Kier alpha value is -1.58. The number of benzene rings is 1. The number of halogens is 1. The van der Waals surface area contributed by atoms with Crippen molar-refractivity contribution in [2.75, 3.05) is 18.5 Å². The molecule has 0 fully saturated rings. The van der Waals surface area contributed by atoms with E-state index in [2.05, 4.69) is 6.92 Å². The number of nitrogens with zero attached hydrogens (tertiary/aromatic N) is 1. The average Bonchev–Trinajstić information content (AvgIpc) is 2.25. The number of amidine groups is 1. The molecule has 0 atom stereocenters. The second-order valence-electron chi connectivity index (χ2n) is 3.85. The summed E-state index contributed by atoms with van der Waals surface area (Å²) in [7, 11) is 1.86. The number of rotatable bonds is 5. The molecule has 0 saturated heterocycles. The lowest BCUT2D eigenvalue weighted by molar-refractivity contribution is 0.619. The molecule has 0 unspecified atom stereocenters. The van der Waals surface area contributed by atoms with Crippen molar-refractivity contribution in [2.24, 2.45) is 5.73 Å². The van der Waals surface area contributed by atoms with Crippen molar-refractivity contribution < 1.29 is 4.39 Å². The highest BCUT2D eigenvalue weighted by Crippen LogP contribution is 2.19. The molecule has 1 aromatic rings. The van der Waals surface area contributed by atoms with Gasteiger partial charge in [-0.05, 0) is 24.6 Å². The highest BCUT2D eigenvalue weighted by molar-refractivity contribution is 5.95. The molecule has 0 aliphatic rings. The van der Waals surface area contributed by atoms with Gasteiger partial charge < -0.3 is 10.6 Å². The summed E-state index contributed by atoms with van der Waals surface area (Å²) < 4.78 is 13.7. The van der Waals surface area contributed by atoms with Crippen LogP contribution in [0.25, 0.3) is 0 Å². The van der Waals surface area contributed by atoms with Gasteiger partial charge in [-0.2, -0.15) is 0 Å². The van der Waals surface area contributed by atoms with Gasteiger partial charge in [0.05, 0.1) is 5.69 Å². The van der Waals surface area contributed by atoms with E-state index in [0.717, 1.165) is 19.4 Å². The number of hydrogen-bond donors (Lipinski definition) is 2. The average molecular weight is 223 g/mol. The summed E-state index contributed by atoms with van der Waals surface area (Å²) in [6.07, 6.45) is 2.11. The van der Waals surface area contributed by atoms with Crippen molar-refractivity contribution in [3.63, 3.8) is 0 Å². The molecule has 3 N–H and O–H groups in total. The lowest BCUT2D eigenvalue weighted by Crippen LogP contribution is -2.20. The zero-order valence-corrected chi connectivity index (χ0v) is 9.76. The van der Waals surface area contributed by atoms with Crippen molar-refractivity contribution in [3.05, 3.63) is 29.6 Å². The second kappa shape index (κ2) is 5.49. The molecule has 0 aliphatic heterocycles. The van der Waals surface area contributed by atoms with Crippen molar-refractivity contribution in [1.82, 2.24) is 0 Å². The Morgan fingerprint density at radius 3 is 2.69 bits per heavy atom. The van der Waals surface area contributed by atoms with Gasteiger partial charge in [-0.25, -0.2) is 4.39 Å². The Morgan fingerprint density at radius 1 is 1.50 bits per heavy atom. The summed E-state index contributed by atoms with van der Waals surface area (Å²) in [5, 5.41) is 7.22. The predicted octanol–water partition coefficient (Wildman–Crippen LogP) is 2.35. The van der Waals surface area contributed by atoms with Crippen LogP contribution in [0.3, 0.4) is 0 Å². The van der Waals surface area contributed by atoms with Crippen LogP contribution in [0.5, 0.6) is 0 Å². The SMILES string of the molecule is CCCCN(C)c1ccc(C(=N)N)cc1F. The number of nitrogens with two attached hydrogens (primary N) is 1. The minimum Gasteiger partial charge on any atom is -0.384 e. The third kappa shape index (κ3) is 2.95. The van der Waals surface area contributed by atoms with Crippen molar-refractivity contribution in [1.29, 1.82) is 5.41 Å². The van der Waals surface area contributed by atoms with Crippen molar-refractivity contribution in [2.45, 2.75) is 19.8 Å². The van der Waals surface area contributed by atoms with E-state index in [0.29, 0.717) is 11.3 Å². The standard InChI is InChI=1S/C12H18FN3/c1-3-4-7-16(2)11-6-5-9(12(14)15)8-10(11)13/h5-6,8H,3-4,7H2,1-2H3,(H3,14,15). The molecule has 0 spiro atoms. The third-order valence-corrected chi connectivity index (χ3v) is 2.52. The van der Waals surface area contributed by atoms with E-state index in [4.69, 9.17) is 11.1 Å². The van der Waals surface area contributed by atoms with Crippen LogP contribution in [-0.2, 0) is 0 Å². The van der Waals surface area contributed by atoms with Gasteiger partial charge >= 0.3 is 0 Å². The number of nitrogens with one attached hydrogen (secondary N) is 1. The first-order valence-corrected chi connectivity index (χ1v) is 5.41. The number of unbranched alkanes of at least 4 members (excludes halogenated alkanes) is 1. The molecule has 1 aromatic carbocycles. The molecular formula is C12H18FN3. The molecule has 0 radical (unpaired) electrons. The van der Waals surface area contributed by atoms with Crippen LogP contribution in [0.15, 0.2) is 18.2 Å². The van der Waals surface area contributed by atoms with E-state index in [1.54, 1.807) is 12.1 Å². The largest absolute Gasteiger partial charge is 0.384 e. The maximum atomic E-state index is 13.7. The molecule has 0 aromatic heterocycles. The van der Waals surface area contributed by atoms with E-state index in [1.807, 2.05) is 11.9 Å². The Morgan fingerprint density at radius 2 is 2.19 bits per heavy atom. The Labute approximate surface area is 95.6 Å². The second-order valence-corrected chi connectivity index (χ2v) is 3.85. The fourth-order valence-electron chi connectivity index (χ4n) is 1.50. The van der Waals surface area contributed by atoms with Crippen LogP contribution in [-0.4, -0.2) is 19.4 Å². The van der Waals surface area contributed by atoms with Crippen LogP contribution >= 0.6 is 0 Å². The smallest absolute Gasteiger partial charge is 0.147 e. The van der Waals surface area contributed by atoms with Gasteiger partial charge in [0.25, 0.3) is 0 Å². The maximum Gasteiger partial charge on any atom is 0.147 e. The first-order valence-electron chi connectivity index (χ1n) is 5.41. The molecule has 1 rings (SSSR count). The molecule has 4 heteroatoms. The Bertz CT molecular complexity index is 377. The quantitative estimate of drug-likeness (QED) is 0.594. The number of anilines is 1. The normalized spacial score (nSPS) is 10.2. The van der Waals surface area contributed by atoms with Gasteiger partial charge in [-0.1, -0.05) is 13.3 Å². The Kier molecular flexibility index (Phi) is 4.28. The van der Waals surface area contributed by atoms with Gasteiger partial charge in [0.2, 0.25) is 0 Å².